The van der Waals surface area contributed by atoms with E-state index in [9.17, 15) is 4.79 Å². The molecule has 1 saturated heterocycles. The van der Waals surface area contributed by atoms with E-state index in [2.05, 4.69) is 66.4 Å². The van der Waals surface area contributed by atoms with Crippen LogP contribution in [0.4, 0.5) is 5.00 Å². The highest BCUT2D eigenvalue weighted by atomic mass is 32.2. The van der Waals surface area contributed by atoms with Crippen LogP contribution in [0.1, 0.15) is 44.2 Å². The number of thiophene rings is 2. The maximum absolute atomic E-state index is 12.9. The fourth-order valence-corrected chi connectivity index (χ4v) is 6.44. The first-order chi connectivity index (χ1) is 15.5. The predicted molar refractivity (Wildman–Crippen MR) is 140 cm³/mol. The van der Waals surface area contributed by atoms with Crippen LogP contribution in [0.3, 0.4) is 0 Å². The van der Waals surface area contributed by atoms with Gasteiger partial charge in [0.15, 0.2) is 0 Å². The number of amides is 1. The Morgan fingerprint density at radius 2 is 1.84 bits per heavy atom. The van der Waals surface area contributed by atoms with Crippen LogP contribution >= 0.6 is 34.4 Å². The van der Waals surface area contributed by atoms with E-state index >= 15 is 0 Å². The fraction of sp³-hybridized carbons (Fsp3) is 0.400. The highest BCUT2D eigenvalue weighted by molar-refractivity contribution is 7.98. The van der Waals surface area contributed by atoms with E-state index < -0.39 is 0 Å². The van der Waals surface area contributed by atoms with Crippen LogP contribution < -0.4 is 5.32 Å². The maximum atomic E-state index is 12.9. The van der Waals surface area contributed by atoms with Crippen molar-refractivity contribution in [3.63, 3.8) is 0 Å². The summed E-state index contributed by atoms with van der Waals surface area (Å²) >= 11 is 4.95. The molecule has 4 rings (SSSR count). The molecule has 7 heteroatoms. The third-order valence-corrected chi connectivity index (χ3v) is 9.08. The summed E-state index contributed by atoms with van der Waals surface area (Å²) in [6.07, 6.45) is 2.11. The van der Waals surface area contributed by atoms with E-state index in [4.69, 9.17) is 0 Å². The fourth-order valence-electron chi connectivity index (χ4n) is 4.32. The van der Waals surface area contributed by atoms with Gasteiger partial charge in [0.1, 0.15) is 5.00 Å². The van der Waals surface area contributed by atoms with Gasteiger partial charge in [-0.1, -0.05) is 25.1 Å². The number of rotatable bonds is 7. The Hall–Kier alpha value is -1.64. The van der Waals surface area contributed by atoms with Gasteiger partial charge in [-0.05, 0) is 61.4 Å². The van der Waals surface area contributed by atoms with Crippen molar-refractivity contribution >= 4 is 45.3 Å². The van der Waals surface area contributed by atoms with Crippen LogP contribution in [-0.4, -0.2) is 54.7 Å². The molecule has 170 valence electrons. The summed E-state index contributed by atoms with van der Waals surface area (Å²) in [7, 11) is 0. The zero-order chi connectivity index (χ0) is 22.7. The monoisotopic (exact) mass is 485 g/mol. The van der Waals surface area contributed by atoms with Gasteiger partial charge >= 0.3 is 0 Å². The Labute approximate surface area is 203 Å². The lowest BCUT2D eigenvalue weighted by Gasteiger charge is -2.39. The van der Waals surface area contributed by atoms with E-state index in [1.165, 1.54) is 37.8 Å². The van der Waals surface area contributed by atoms with Gasteiger partial charge in [-0.25, -0.2) is 0 Å². The Balaban J connectivity index is 1.74. The molecule has 1 aliphatic rings. The molecule has 3 heterocycles. The minimum absolute atomic E-state index is 0.0187. The number of nitrogens with one attached hydrogen (secondary N) is 1. The number of nitrogens with zero attached hydrogens (tertiary/aromatic N) is 2. The molecule has 1 aliphatic heterocycles. The molecule has 0 spiro atoms. The predicted octanol–water partition coefficient (Wildman–Crippen LogP) is 6.13. The van der Waals surface area contributed by atoms with Crippen LogP contribution in [-0.2, 0) is 0 Å². The quantitative estimate of drug-likeness (QED) is 0.409. The maximum Gasteiger partial charge on any atom is 0.266 e. The van der Waals surface area contributed by atoms with E-state index in [1.54, 1.807) is 23.1 Å². The van der Waals surface area contributed by atoms with Crippen molar-refractivity contribution in [3.8, 4) is 0 Å². The summed E-state index contributed by atoms with van der Waals surface area (Å²) in [5, 5.41) is 6.19. The number of benzene rings is 1. The molecular weight excluding hydrogens is 454 g/mol. The van der Waals surface area contributed by atoms with Crippen molar-refractivity contribution in [2.45, 2.75) is 31.7 Å². The molecule has 1 amide bonds. The minimum atomic E-state index is -0.0187. The average molecular weight is 486 g/mol. The zero-order valence-electron chi connectivity index (χ0n) is 19.2. The Bertz CT molecular complexity index is 1040. The number of hydrogen-bond donors (Lipinski definition) is 1. The van der Waals surface area contributed by atoms with E-state index in [0.717, 1.165) is 42.6 Å². The Kier molecular flexibility index (Phi) is 7.74. The van der Waals surface area contributed by atoms with Crippen molar-refractivity contribution in [1.29, 1.82) is 0 Å². The zero-order valence-corrected chi connectivity index (χ0v) is 21.6. The lowest BCUT2D eigenvalue weighted by Crippen LogP contribution is -2.47. The van der Waals surface area contributed by atoms with Crippen molar-refractivity contribution in [1.82, 2.24) is 9.80 Å². The SMILES string of the molecule is CCN1CCN(C(c2ccc(SC)cc2)c2c(NC(=O)c3cccs3)sc(C)c2C)CC1. The van der Waals surface area contributed by atoms with E-state index in [-0.39, 0.29) is 11.9 Å². The summed E-state index contributed by atoms with van der Waals surface area (Å²) in [6, 6.07) is 12.9. The molecule has 0 saturated carbocycles. The molecule has 3 aromatic rings. The first-order valence-electron chi connectivity index (χ1n) is 11.1. The van der Waals surface area contributed by atoms with Crippen molar-refractivity contribution in [2.24, 2.45) is 0 Å². The molecule has 1 fully saturated rings. The summed E-state index contributed by atoms with van der Waals surface area (Å²) in [6.45, 7) is 11.9. The van der Waals surface area contributed by atoms with Crippen LogP contribution in [0.15, 0.2) is 46.7 Å². The molecule has 0 bridgehead atoms. The molecular formula is C25H31N3OS3. The number of anilines is 1. The Morgan fingerprint density at radius 1 is 1.12 bits per heavy atom. The first kappa shape index (κ1) is 23.5. The molecule has 0 aliphatic carbocycles. The minimum Gasteiger partial charge on any atom is -0.313 e. The first-order valence-corrected chi connectivity index (χ1v) is 14.0. The van der Waals surface area contributed by atoms with Gasteiger partial charge in [0.25, 0.3) is 5.91 Å². The lowest BCUT2D eigenvalue weighted by atomic mass is 9.94. The van der Waals surface area contributed by atoms with Gasteiger partial charge in [-0.15, -0.1) is 34.4 Å². The number of aryl methyl sites for hydroxylation is 1. The smallest absolute Gasteiger partial charge is 0.266 e. The average Bonchev–Trinajstić information content (AvgIpc) is 3.45. The highest BCUT2D eigenvalue weighted by Crippen LogP contribution is 2.43. The van der Waals surface area contributed by atoms with Crippen LogP contribution in [0.5, 0.6) is 0 Å². The number of piperazine rings is 1. The van der Waals surface area contributed by atoms with Gasteiger partial charge in [0.2, 0.25) is 0 Å². The van der Waals surface area contributed by atoms with Gasteiger partial charge in [-0.2, -0.15) is 0 Å². The Morgan fingerprint density at radius 3 is 2.44 bits per heavy atom. The molecule has 1 atom stereocenters. The summed E-state index contributed by atoms with van der Waals surface area (Å²) in [5.41, 5.74) is 3.83. The van der Waals surface area contributed by atoms with E-state index in [1.807, 2.05) is 17.5 Å². The summed E-state index contributed by atoms with van der Waals surface area (Å²) < 4.78 is 0. The number of carbonyl (C=O) groups is 1. The van der Waals surface area contributed by atoms with Gasteiger partial charge in [0, 0.05) is 41.5 Å². The lowest BCUT2D eigenvalue weighted by molar-refractivity contribution is 0.102. The van der Waals surface area contributed by atoms with Crippen molar-refractivity contribution < 1.29 is 4.79 Å². The largest absolute Gasteiger partial charge is 0.313 e. The van der Waals surface area contributed by atoms with Gasteiger partial charge in [-0.3, -0.25) is 9.69 Å². The molecule has 0 radical (unpaired) electrons. The van der Waals surface area contributed by atoms with Gasteiger partial charge < -0.3 is 10.2 Å². The van der Waals surface area contributed by atoms with Crippen LogP contribution in [0, 0.1) is 13.8 Å². The van der Waals surface area contributed by atoms with Crippen molar-refractivity contribution in [2.75, 3.05) is 44.3 Å². The third-order valence-electron chi connectivity index (χ3n) is 6.33. The topological polar surface area (TPSA) is 35.6 Å². The molecule has 4 nitrogen and oxygen atoms in total. The highest BCUT2D eigenvalue weighted by Gasteiger charge is 2.31. The van der Waals surface area contributed by atoms with Crippen molar-refractivity contribution in [3.05, 3.63) is 68.2 Å². The molecule has 1 aromatic carbocycles. The second-order valence-electron chi connectivity index (χ2n) is 8.10. The van der Waals surface area contributed by atoms with Gasteiger partial charge in [0.05, 0.1) is 10.9 Å². The molecule has 32 heavy (non-hydrogen) atoms. The molecule has 1 N–H and O–H groups in total. The number of thioether (sulfide) groups is 1. The van der Waals surface area contributed by atoms with Crippen LogP contribution in [0.2, 0.25) is 0 Å². The normalized spacial score (nSPS) is 16.2. The second-order valence-corrected chi connectivity index (χ2v) is 11.2. The molecule has 1 unspecified atom stereocenters. The second kappa shape index (κ2) is 10.5. The van der Waals surface area contributed by atoms with Crippen LogP contribution in [0.25, 0.3) is 0 Å². The summed E-state index contributed by atoms with van der Waals surface area (Å²) in [4.78, 5) is 21.3. The summed E-state index contributed by atoms with van der Waals surface area (Å²) in [5.74, 6) is -0.0187. The number of carbonyl (C=O) groups excluding carboxylic acids is 1. The molecule has 2 aromatic heterocycles. The van der Waals surface area contributed by atoms with E-state index in [0.29, 0.717) is 0 Å². The third kappa shape index (κ3) is 4.97. The number of likely N-dealkylation sites (N-methyl/N-ethyl adjacent to an activating group) is 1. The number of hydrogen-bond acceptors (Lipinski definition) is 6. The standard InChI is InChI=1S/C25H31N3OS3/c1-5-27-12-14-28(15-13-27)23(19-8-10-20(30-4)11-9-19)22-17(2)18(3)32-25(22)26-24(29)21-7-6-16-31-21/h6-11,16,23H,5,12-15H2,1-4H3,(H,26,29).